The Hall–Kier alpha value is -1.38. The molecule has 2 saturated heterocycles. The van der Waals surface area contributed by atoms with Gasteiger partial charge in [-0.05, 0) is 38.1 Å². The SMILES string of the molecule is COc1ccc2c(c1OC)[C@]13CCN(C)[C@@]14C[C@H]2O[C@@]4(O)[C@@H](OC)[C@@H](O)C3. The van der Waals surface area contributed by atoms with Gasteiger partial charge >= 0.3 is 0 Å². The number of likely N-dealkylation sites (tertiary alicyclic amines) is 1. The molecule has 1 aromatic rings. The third kappa shape index (κ3) is 1.68. The van der Waals surface area contributed by atoms with E-state index in [-0.39, 0.29) is 6.10 Å². The van der Waals surface area contributed by atoms with E-state index in [1.807, 2.05) is 19.2 Å². The third-order valence-corrected chi connectivity index (χ3v) is 7.66. The fourth-order valence-corrected chi connectivity index (χ4v) is 6.79. The van der Waals surface area contributed by atoms with Gasteiger partial charge in [0, 0.05) is 24.5 Å². The van der Waals surface area contributed by atoms with E-state index in [9.17, 15) is 10.2 Å². The number of hydrogen-bond acceptors (Lipinski definition) is 7. The van der Waals surface area contributed by atoms with Crippen LogP contribution < -0.4 is 9.47 Å². The summed E-state index contributed by atoms with van der Waals surface area (Å²) in [6.45, 7) is 0.793. The molecule has 1 saturated carbocycles. The lowest BCUT2D eigenvalue weighted by atomic mass is 9.50. The zero-order chi connectivity index (χ0) is 19.2. The largest absolute Gasteiger partial charge is 0.493 e. The fraction of sp³-hybridized carbons (Fsp3) is 0.700. The minimum Gasteiger partial charge on any atom is -0.493 e. The number of methoxy groups -OCH3 is 3. The van der Waals surface area contributed by atoms with Crippen LogP contribution in [0.25, 0.3) is 0 Å². The van der Waals surface area contributed by atoms with Gasteiger partial charge in [0.2, 0.25) is 5.79 Å². The first-order valence-corrected chi connectivity index (χ1v) is 9.48. The monoisotopic (exact) mass is 377 g/mol. The quantitative estimate of drug-likeness (QED) is 0.812. The van der Waals surface area contributed by atoms with Gasteiger partial charge < -0.3 is 29.2 Å². The van der Waals surface area contributed by atoms with E-state index in [1.165, 1.54) is 7.11 Å². The zero-order valence-corrected chi connectivity index (χ0v) is 16.2. The van der Waals surface area contributed by atoms with Crippen molar-refractivity contribution in [1.82, 2.24) is 4.90 Å². The number of aliphatic hydroxyl groups is 2. The van der Waals surface area contributed by atoms with Gasteiger partial charge in [-0.3, -0.25) is 4.90 Å². The highest BCUT2D eigenvalue weighted by molar-refractivity contribution is 5.61. The predicted octanol–water partition coefficient (Wildman–Crippen LogP) is 0.959. The molecule has 7 nitrogen and oxygen atoms in total. The van der Waals surface area contributed by atoms with E-state index >= 15 is 0 Å². The van der Waals surface area contributed by atoms with Gasteiger partial charge in [0.25, 0.3) is 0 Å². The second-order valence-electron chi connectivity index (χ2n) is 8.31. The topological polar surface area (TPSA) is 80.6 Å². The van der Waals surface area contributed by atoms with Gasteiger partial charge in [0.05, 0.1) is 32.0 Å². The van der Waals surface area contributed by atoms with Gasteiger partial charge in [0.1, 0.15) is 6.10 Å². The van der Waals surface area contributed by atoms with Crippen LogP contribution in [0.3, 0.4) is 0 Å². The maximum absolute atomic E-state index is 11.9. The molecule has 2 N–H and O–H groups in total. The fourth-order valence-electron chi connectivity index (χ4n) is 6.79. The molecule has 7 heteroatoms. The molecule has 0 aromatic heterocycles. The second-order valence-corrected chi connectivity index (χ2v) is 8.31. The Kier molecular flexibility index (Phi) is 3.51. The molecular weight excluding hydrogens is 350 g/mol. The minimum atomic E-state index is -1.60. The van der Waals surface area contributed by atoms with Crippen molar-refractivity contribution >= 4 is 0 Å². The number of benzene rings is 1. The third-order valence-electron chi connectivity index (χ3n) is 7.66. The van der Waals surface area contributed by atoms with Crippen molar-refractivity contribution in [3.05, 3.63) is 23.3 Å². The van der Waals surface area contributed by atoms with Crippen molar-refractivity contribution in [2.24, 2.45) is 0 Å². The highest BCUT2D eigenvalue weighted by Gasteiger charge is 2.81. The van der Waals surface area contributed by atoms with Crippen molar-refractivity contribution in [1.29, 1.82) is 0 Å². The summed E-state index contributed by atoms with van der Waals surface area (Å²) in [6, 6.07) is 3.90. The number of likely N-dealkylation sites (N-methyl/N-ethyl adjacent to an activating group) is 1. The smallest absolute Gasteiger partial charge is 0.215 e. The molecule has 4 aliphatic rings. The molecule has 2 aliphatic carbocycles. The highest BCUT2D eigenvalue weighted by Crippen LogP contribution is 2.72. The molecular formula is C20H27NO6. The van der Waals surface area contributed by atoms with Crippen molar-refractivity contribution in [3.8, 4) is 11.5 Å². The minimum absolute atomic E-state index is 0.290. The van der Waals surface area contributed by atoms with Crippen LogP contribution >= 0.6 is 0 Å². The summed E-state index contributed by atoms with van der Waals surface area (Å²) < 4.78 is 23.3. The summed E-state index contributed by atoms with van der Waals surface area (Å²) in [6.07, 6.45) is -0.00816. The molecule has 0 unspecified atom stereocenters. The first kappa shape index (κ1) is 17.7. The molecule has 5 rings (SSSR count). The predicted molar refractivity (Wildman–Crippen MR) is 96.0 cm³/mol. The summed E-state index contributed by atoms with van der Waals surface area (Å²) in [5.74, 6) is -0.272. The molecule has 3 fully saturated rings. The Labute approximate surface area is 158 Å². The number of nitrogens with zero attached hydrogens (tertiary/aromatic N) is 1. The average molecular weight is 377 g/mol. The highest BCUT2D eigenvalue weighted by atomic mass is 16.7. The molecule has 2 bridgehead atoms. The average Bonchev–Trinajstić information content (AvgIpc) is 3.12. The molecule has 0 radical (unpaired) electrons. The van der Waals surface area contributed by atoms with E-state index in [1.54, 1.807) is 14.2 Å². The number of hydrogen-bond donors (Lipinski definition) is 2. The van der Waals surface area contributed by atoms with E-state index in [0.717, 1.165) is 24.1 Å². The van der Waals surface area contributed by atoms with Crippen molar-refractivity contribution in [3.63, 3.8) is 0 Å². The summed E-state index contributed by atoms with van der Waals surface area (Å²) >= 11 is 0. The molecule has 148 valence electrons. The number of ether oxygens (including phenoxy) is 4. The standard InChI is InChI=1S/C20H27NO6/c1-21-8-7-18-9-12(22)17(26-4)20(23)19(18,21)10-14(27-20)11-5-6-13(24-2)16(25-3)15(11)18/h5-6,12,14,17,22-23H,7-10H2,1-4H3/t12-,14+,17-,18+,19-,20-/m0/s1. The van der Waals surface area contributed by atoms with Crippen LogP contribution in [0.15, 0.2) is 12.1 Å². The molecule has 1 spiro atoms. The van der Waals surface area contributed by atoms with Crippen molar-refractivity contribution in [2.45, 2.75) is 54.3 Å². The molecule has 0 amide bonds. The molecule has 1 aromatic carbocycles. The summed E-state index contributed by atoms with van der Waals surface area (Å²) in [7, 11) is 6.81. The van der Waals surface area contributed by atoms with Crippen LogP contribution in [0.5, 0.6) is 11.5 Å². The molecule has 2 heterocycles. The normalized spacial score (nSPS) is 44.7. The Morgan fingerprint density at radius 2 is 1.96 bits per heavy atom. The summed E-state index contributed by atoms with van der Waals surface area (Å²) in [5.41, 5.74) is 0.831. The van der Waals surface area contributed by atoms with Crippen LogP contribution in [-0.4, -0.2) is 73.6 Å². The maximum Gasteiger partial charge on any atom is 0.215 e. The number of fused-ring (bicyclic) bond motifs is 3. The zero-order valence-electron chi connectivity index (χ0n) is 16.2. The Balaban J connectivity index is 1.87. The van der Waals surface area contributed by atoms with Crippen molar-refractivity contribution < 1.29 is 29.2 Å². The van der Waals surface area contributed by atoms with E-state index in [2.05, 4.69) is 4.90 Å². The van der Waals surface area contributed by atoms with Gasteiger partial charge in [-0.2, -0.15) is 0 Å². The Bertz CT molecular complexity index is 801. The van der Waals surface area contributed by atoms with Gasteiger partial charge in [0.15, 0.2) is 11.5 Å². The van der Waals surface area contributed by atoms with E-state index < -0.39 is 28.9 Å². The van der Waals surface area contributed by atoms with Crippen LogP contribution in [0, 0.1) is 0 Å². The maximum atomic E-state index is 11.9. The lowest BCUT2D eigenvalue weighted by Crippen LogP contribution is -2.77. The van der Waals surface area contributed by atoms with Crippen molar-refractivity contribution in [2.75, 3.05) is 34.9 Å². The lowest BCUT2D eigenvalue weighted by molar-refractivity contribution is -0.328. The van der Waals surface area contributed by atoms with E-state index in [4.69, 9.17) is 18.9 Å². The number of aliphatic hydroxyl groups excluding tert-OH is 1. The van der Waals surface area contributed by atoms with Crippen LogP contribution in [0.4, 0.5) is 0 Å². The molecule has 6 atom stereocenters. The van der Waals surface area contributed by atoms with Gasteiger partial charge in [-0.15, -0.1) is 0 Å². The Morgan fingerprint density at radius 3 is 2.63 bits per heavy atom. The van der Waals surface area contributed by atoms with Gasteiger partial charge in [-0.25, -0.2) is 0 Å². The second kappa shape index (κ2) is 5.36. The van der Waals surface area contributed by atoms with E-state index in [0.29, 0.717) is 24.3 Å². The summed E-state index contributed by atoms with van der Waals surface area (Å²) in [4.78, 5) is 2.20. The molecule has 2 aliphatic heterocycles. The molecule has 27 heavy (non-hydrogen) atoms. The number of rotatable bonds is 3. The first-order chi connectivity index (χ1) is 12.9. The summed E-state index contributed by atoms with van der Waals surface area (Å²) in [5, 5.41) is 22.9. The first-order valence-electron chi connectivity index (χ1n) is 9.48. The Morgan fingerprint density at radius 1 is 1.19 bits per heavy atom. The van der Waals surface area contributed by atoms with Gasteiger partial charge in [-0.1, -0.05) is 6.07 Å². The lowest BCUT2D eigenvalue weighted by Gasteiger charge is -2.60. The van der Waals surface area contributed by atoms with Crippen LogP contribution in [0.2, 0.25) is 0 Å². The van der Waals surface area contributed by atoms with Crippen LogP contribution in [0.1, 0.15) is 36.5 Å². The van der Waals surface area contributed by atoms with Crippen LogP contribution in [-0.2, 0) is 14.9 Å².